The summed E-state index contributed by atoms with van der Waals surface area (Å²) in [6, 6.07) is 0. The van der Waals surface area contributed by atoms with E-state index in [0.717, 1.165) is 102 Å². The zero-order valence-corrected chi connectivity index (χ0v) is 64.5. The smallest absolute Gasteiger partial charge is 0.462 e. The molecule has 0 aromatic carbocycles. The van der Waals surface area contributed by atoms with E-state index in [4.69, 9.17) is 37.0 Å². The molecule has 19 heteroatoms. The van der Waals surface area contributed by atoms with Crippen LogP contribution in [0.15, 0.2) is 0 Å². The summed E-state index contributed by atoms with van der Waals surface area (Å²) in [6.45, 7) is 9.63. The predicted molar refractivity (Wildman–Crippen MR) is 391 cm³/mol. The van der Waals surface area contributed by atoms with Gasteiger partial charge in [0.15, 0.2) is 12.2 Å². The molecule has 0 bridgehead atoms. The van der Waals surface area contributed by atoms with E-state index in [1.54, 1.807) is 0 Å². The molecular formula is C77H150O17P2. The van der Waals surface area contributed by atoms with E-state index in [0.29, 0.717) is 25.7 Å². The minimum atomic E-state index is -4.96. The SMILES string of the molecule is CCCCCCCCCCCCCCCCCCC(=O)OC[C@H](COP(=O)(O)OC[C@@H](O)COP(=O)(O)OC[C@@H](COC(=O)CCCCCCCCCCCC)OC(=O)CCCCCCCCCCCC(C)C)OC(=O)CCCCCCCCCCCCCCCCC(C)CC. The fourth-order valence-electron chi connectivity index (χ4n) is 11.8. The summed E-state index contributed by atoms with van der Waals surface area (Å²) in [4.78, 5) is 72.8. The molecule has 0 amide bonds. The summed E-state index contributed by atoms with van der Waals surface area (Å²) in [6.07, 6.45) is 56.8. The van der Waals surface area contributed by atoms with Crippen molar-refractivity contribution in [2.45, 2.75) is 419 Å². The third kappa shape index (κ3) is 69.2. The van der Waals surface area contributed by atoms with E-state index in [2.05, 4.69) is 41.5 Å². The van der Waals surface area contributed by atoms with Gasteiger partial charge in [-0.2, -0.15) is 0 Å². The van der Waals surface area contributed by atoms with Gasteiger partial charge in [0, 0.05) is 25.7 Å². The van der Waals surface area contributed by atoms with Crippen LogP contribution < -0.4 is 0 Å². The summed E-state index contributed by atoms with van der Waals surface area (Å²) in [7, 11) is -9.91. The Morgan fingerprint density at radius 2 is 0.531 bits per heavy atom. The molecule has 0 aromatic rings. The maximum absolute atomic E-state index is 13.1. The lowest BCUT2D eigenvalue weighted by Gasteiger charge is -2.21. The fraction of sp³-hybridized carbons (Fsp3) is 0.948. The molecule has 0 aliphatic rings. The maximum Gasteiger partial charge on any atom is 0.472 e. The predicted octanol–water partition coefficient (Wildman–Crippen LogP) is 22.7. The van der Waals surface area contributed by atoms with Crippen LogP contribution in [0.3, 0.4) is 0 Å². The average Bonchev–Trinajstić information content (AvgIpc) is 3.58. The van der Waals surface area contributed by atoms with Crippen LogP contribution >= 0.6 is 15.6 Å². The topological polar surface area (TPSA) is 237 Å². The highest BCUT2D eigenvalue weighted by Gasteiger charge is 2.30. The Balaban J connectivity index is 5.24. The standard InChI is InChI=1S/C77H150O17P2/c1-7-10-12-14-16-18-20-21-22-23-27-30-36-42-48-54-60-75(80)88-66-72(93-76(81)61-55-49-43-37-31-28-25-24-26-29-34-40-46-52-58-70(6)9-3)67-91-95(83,84)89-63-71(78)64-90-96(85,86)92-68-73(65-87-74(79)59-53-47-41-35-19-17-15-13-11-8-2)94-77(82)62-56-50-44-38-32-33-39-45-51-57-69(4)5/h69-73,78H,7-68H2,1-6H3,(H,83,84)(H,85,86)/t70?,71-,72-,73-/m1/s1. The molecule has 0 radical (unpaired) electrons. The molecule has 3 unspecified atom stereocenters. The number of unbranched alkanes of at least 4 members (excludes halogenated alkanes) is 45. The average molecular weight is 1410 g/mol. The van der Waals surface area contributed by atoms with E-state index < -0.39 is 97.5 Å². The molecule has 17 nitrogen and oxygen atoms in total. The van der Waals surface area contributed by atoms with Crippen molar-refractivity contribution in [1.82, 2.24) is 0 Å². The van der Waals surface area contributed by atoms with E-state index in [1.165, 1.54) is 218 Å². The molecule has 6 atom stereocenters. The van der Waals surface area contributed by atoms with Crippen LogP contribution in [-0.2, 0) is 65.4 Å². The Hall–Kier alpha value is -1.94. The van der Waals surface area contributed by atoms with Crippen LogP contribution in [0.5, 0.6) is 0 Å². The van der Waals surface area contributed by atoms with Gasteiger partial charge < -0.3 is 33.8 Å². The maximum atomic E-state index is 13.1. The number of phosphoric ester groups is 2. The van der Waals surface area contributed by atoms with Gasteiger partial charge >= 0.3 is 39.5 Å². The summed E-state index contributed by atoms with van der Waals surface area (Å²) in [5.41, 5.74) is 0. The second-order valence-corrected chi connectivity index (χ2v) is 31.4. The van der Waals surface area contributed by atoms with Crippen molar-refractivity contribution in [2.75, 3.05) is 39.6 Å². The van der Waals surface area contributed by atoms with Gasteiger partial charge in [0.2, 0.25) is 0 Å². The summed E-state index contributed by atoms with van der Waals surface area (Å²) < 4.78 is 68.6. The zero-order chi connectivity index (χ0) is 70.7. The van der Waals surface area contributed by atoms with Gasteiger partial charge in [-0.3, -0.25) is 37.3 Å². The molecule has 570 valence electrons. The van der Waals surface area contributed by atoms with Crippen molar-refractivity contribution in [2.24, 2.45) is 11.8 Å². The van der Waals surface area contributed by atoms with Crippen molar-refractivity contribution >= 4 is 39.5 Å². The van der Waals surface area contributed by atoms with E-state index in [9.17, 15) is 43.2 Å². The van der Waals surface area contributed by atoms with Crippen LogP contribution in [-0.4, -0.2) is 96.7 Å². The third-order valence-electron chi connectivity index (χ3n) is 18.3. The first kappa shape index (κ1) is 94.1. The Bertz CT molecular complexity index is 1860. The summed E-state index contributed by atoms with van der Waals surface area (Å²) in [5, 5.41) is 10.6. The molecule has 0 aromatic heterocycles. The summed E-state index contributed by atoms with van der Waals surface area (Å²) in [5.74, 6) is -0.531. The molecule has 0 rings (SSSR count). The molecule has 0 heterocycles. The molecule has 0 saturated carbocycles. The number of aliphatic hydroxyl groups is 1. The Morgan fingerprint density at radius 3 is 0.792 bits per heavy atom. The van der Waals surface area contributed by atoms with Crippen LogP contribution in [0.25, 0.3) is 0 Å². The van der Waals surface area contributed by atoms with Gasteiger partial charge in [0.25, 0.3) is 0 Å². The first-order valence-electron chi connectivity index (χ1n) is 40.0. The lowest BCUT2D eigenvalue weighted by atomic mass is 9.99. The second-order valence-electron chi connectivity index (χ2n) is 28.5. The Morgan fingerprint density at radius 1 is 0.302 bits per heavy atom. The van der Waals surface area contributed by atoms with E-state index >= 15 is 0 Å². The molecule has 0 fully saturated rings. The van der Waals surface area contributed by atoms with Crippen LogP contribution in [0.1, 0.15) is 401 Å². The largest absolute Gasteiger partial charge is 0.472 e. The highest BCUT2D eigenvalue weighted by Crippen LogP contribution is 2.45. The van der Waals surface area contributed by atoms with Crippen molar-refractivity contribution in [3.63, 3.8) is 0 Å². The van der Waals surface area contributed by atoms with Crippen LogP contribution in [0.2, 0.25) is 0 Å². The highest BCUT2D eigenvalue weighted by atomic mass is 31.2. The van der Waals surface area contributed by atoms with Gasteiger partial charge in [-0.05, 0) is 37.5 Å². The van der Waals surface area contributed by atoms with Gasteiger partial charge in [0.05, 0.1) is 26.4 Å². The molecule has 3 N–H and O–H groups in total. The first-order valence-corrected chi connectivity index (χ1v) is 43.0. The molecule has 96 heavy (non-hydrogen) atoms. The molecule has 0 saturated heterocycles. The minimum Gasteiger partial charge on any atom is -0.462 e. The van der Waals surface area contributed by atoms with Crippen molar-refractivity contribution in [3.8, 4) is 0 Å². The zero-order valence-electron chi connectivity index (χ0n) is 62.7. The van der Waals surface area contributed by atoms with Crippen molar-refractivity contribution in [1.29, 1.82) is 0 Å². The first-order chi connectivity index (χ1) is 46.4. The molecule has 0 aliphatic carbocycles. The van der Waals surface area contributed by atoms with Gasteiger partial charge in [0.1, 0.15) is 19.3 Å². The van der Waals surface area contributed by atoms with Crippen LogP contribution in [0.4, 0.5) is 0 Å². The van der Waals surface area contributed by atoms with Gasteiger partial charge in [-0.25, -0.2) is 9.13 Å². The molecule has 0 aliphatic heterocycles. The molecule has 0 spiro atoms. The number of esters is 4. The normalized spacial score (nSPS) is 14.3. The number of hydrogen-bond donors (Lipinski definition) is 3. The number of hydrogen-bond acceptors (Lipinski definition) is 15. The number of carbonyl (C=O) groups is 4. The quantitative estimate of drug-likeness (QED) is 0.0222. The Kier molecular flexibility index (Phi) is 67.4. The van der Waals surface area contributed by atoms with Gasteiger partial charge in [-0.15, -0.1) is 0 Å². The number of ether oxygens (including phenoxy) is 4. The van der Waals surface area contributed by atoms with E-state index in [1.807, 2.05) is 0 Å². The second kappa shape index (κ2) is 68.8. The fourth-order valence-corrected chi connectivity index (χ4v) is 13.4. The van der Waals surface area contributed by atoms with Crippen LogP contribution in [0, 0.1) is 11.8 Å². The van der Waals surface area contributed by atoms with Crippen molar-refractivity contribution in [3.05, 3.63) is 0 Å². The lowest BCUT2D eigenvalue weighted by molar-refractivity contribution is -0.161. The highest BCUT2D eigenvalue weighted by molar-refractivity contribution is 7.47. The number of carbonyl (C=O) groups excluding carboxylic acids is 4. The van der Waals surface area contributed by atoms with Crippen molar-refractivity contribution < 1.29 is 80.2 Å². The van der Waals surface area contributed by atoms with Gasteiger partial charge in [-0.1, -0.05) is 350 Å². The monoisotopic (exact) mass is 1410 g/mol. The molecular weight excluding hydrogens is 1260 g/mol. The number of phosphoric acid groups is 2. The Labute approximate surface area is 588 Å². The lowest BCUT2D eigenvalue weighted by Crippen LogP contribution is -2.30. The number of rotatable bonds is 76. The minimum absolute atomic E-state index is 0.106. The van der Waals surface area contributed by atoms with E-state index in [-0.39, 0.29) is 25.7 Å². The number of aliphatic hydroxyl groups excluding tert-OH is 1. The summed E-state index contributed by atoms with van der Waals surface area (Å²) >= 11 is 0. The third-order valence-corrected chi connectivity index (χ3v) is 20.2.